The minimum atomic E-state index is -1.37. The first-order valence-electron chi connectivity index (χ1n) is 9.42. The van der Waals surface area contributed by atoms with Gasteiger partial charge < -0.3 is 24.7 Å². The molecule has 2 unspecified atom stereocenters. The molecule has 0 bridgehead atoms. The standard InChI is InChI=1S/C22H23NO6S/c1-13-3-5-15(6-4-13)18(25)10-21(30-11-17(22(26)27)23-14(2)24)16-7-8-19-20(9-16)29-12-28-19/h3-9,17,21H,10-12H2,1-2H3,(H,23,24)(H,26,27)/p-1. The van der Waals surface area contributed by atoms with E-state index in [0.29, 0.717) is 17.1 Å². The Morgan fingerprint density at radius 2 is 1.80 bits per heavy atom. The minimum absolute atomic E-state index is 0.0577. The van der Waals surface area contributed by atoms with E-state index in [1.165, 1.54) is 18.7 Å². The van der Waals surface area contributed by atoms with Gasteiger partial charge in [-0.25, -0.2) is 0 Å². The van der Waals surface area contributed by atoms with Gasteiger partial charge in [0.05, 0.1) is 12.0 Å². The zero-order valence-corrected chi connectivity index (χ0v) is 17.5. The number of ether oxygens (including phenoxy) is 2. The predicted molar refractivity (Wildman–Crippen MR) is 111 cm³/mol. The van der Waals surface area contributed by atoms with Crippen molar-refractivity contribution < 1.29 is 29.0 Å². The summed E-state index contributed by atoms with van der Waals surface area (Å²) < 4.78 is 10.8. The van der Waals surface area contributed by atoms with Gasteiger partial charge in [-0.2, -0.15) is 11.8 Å². The first-order valence-corrected chi connectivity index (χ1v) is 10.5. The number of nitrogens with one attached hydrogen (secondary N) is 1. The molecular weight excluding hydrogens is 406 g/mol. The third-order valence-electron chi connectivity index (χ3n) is 4.64. The van der Waals surface area contributed by atoms with E-state index in [2.05, 4.69) is 5.32 Å². The van der Waals surface area contributed by atoms with Crippen LogP contribution < -0.4 is 19.9 Å². The number of carbonyl (C=O) groups is 3. The number of rotatable bonds is 9. The van der Waals surface area contributed by atoms with E-state index in [4.69, 9.17) is 9.47 Å². The molecule has 0 saturated carbocycles. The maximum Gasteiger partial charge on any atom is 0.231 e. The molecular formula is C22H22NO6S-. The van der Waals surface area contributed by atoms with Crippen LogP contribution in [0.5, 0.6) is 11.5 Å². The number of carboxylic acid groups (broad SMARTS) is 1. The van der Waals surface area contributed by atoms with E-state index < -0.39 is 17.9 Å². The maximum atomic E-state index is 12.9. The van der Waals surface area contributed by atoms with E-state index in [-0.39, 0.29) is 30.0 Å². The lowest BCUT2D eigenvalue weighted by atomic mass is 10.0. The SMILES string of the molecule is CC(=O)NC(CSC(CC(=O)c1ccc(C)cc1)c1ccc2c(c1)OCO2)C(=O)[O-]. The Morgan fingerprint density at radius 3 is 2.47 bits per heavy atom. The monoisotopic (exact) mass is 428 g/mol. The summed E-state index contributed by atoms with van der Waals surface area (Å²) in [7, 11) is 0. The Balaban J connectivity index is 1.80. The summed E-state index contributed by atoms with van der Waals surface area (Å²) >= 11 is 1.27. The molecule has 8 heteroatoms. The predicted octanol–water partition coefficient (Wildman–Crippen LogP) is 2.03. The highest BCUT2D eigenvalue weighted by atomic mass is 32.2. The van der Waals surface area contributed by atoms with Crippen molar-refractivity contribution in [2.24, 2.45) is 0 Å². The summed E-state index contributed by atoms with van der Waals surface area (Å²) in [5, 5.41) is 13.4. The molecule has 1 heterocycles. The van der Waals surface area contributed by atoms with Gasteiger partial charge in [-0.05, 0) is 24.6 Å². The molecule has 2 aromatic rings. The van der Waals surface area contributed by atoms with Crippen LogP contribution in [0.4, 0.5) is 0 Å². The molecule has 0 aliphatic carbocycles. The van der Waals surface area contributed by atoms with E-state index >= 15 is 0 Å². The topological polar surface area (TPSA) is 105 Å². The average molecular weight is 428 g/mol. The number of carbonyl (C=O) groups excluding carboxylic acids is 3. The van der Waals surface area contributed by atoms with Crippen molar-refractivity contribution >= 4 is 29.4 Å². The highest BCUT2D eigenvalue weighted by molar-refractivity contribution is 7.99. The Hall–Kier alpha value is -3.00. The summed E-state index contributed by atoms with van der Waals surface area (Å²) in [4.78, 5) is 35.5. The van der Waals surface area contributed by atoms with Crippen LogP contribution in [0.15, 0.2) is 42.5 Å². The van der Waals surface area contributed by atoms with Gasteiger partial charge in [-0.3, -0.25) is 9.59 Å². The summed E-state index contributed by atoms with van der Waals surface area (Å²) in [5.41, 5.74) is 2.45. The lowest BCUT2D eigenvalue weighted by Gasteiger charge is -2.23. The normalized spacial score (nSPS) is 14.1. The Kier molecular flexibility index (Phi) is 6.99. The maximum absolute atomic E-state index is 12.9. The molecule has 2 atom stereocenters. The smallest absolute Gasteiger partial charge is 0.231 e. The van der Waals surface area contributed by atoms with E-state index in [9.17, 15) is 19.5 Å². The van der Waals surface area contributed by atoms with E-state index in [0.717, 1.165) is 11.1 Å². The van der Waals surface area contributed by atoms with Crippen molar-refractivity contribution in [3.63, 3.8) is 0 Å². The van der Waals surface area contributed by atoms with Gasteiger partial charge in [0.1, 0.15) is 0 Å². The van der Waals surface area contributed by atoms with Crippen LogP contribution in [0.25, 0.3) is 0 Å². The second-order valence-corrected chi connectivity index (χ2v) is 8.24. The summed E-state index contributed by atoms with van der Waals surface area (Å²) in [6.45, 7) is 3.33. The Morgan fingerprint density at radius 1 is 1.10 bits per heavy atom. The molecule has 0 spiro atoms. The van der Waals surface area contributed by atoms with Crippen molar-refractivity contribution in [3.8, 4) is 11.5 Å². The van der Waals surface area contributed by atoms with Crippen molar-refractivity contribution in [1.29, 1.82) is 0 Å². The molecule has 7 nitrogen and oxygen atoms in total. The number of carboxylic acids is 1. The van der Waals surface area contributed by atoms with E-state index in [1.54, 1.807) is 24.3 Å². The number of aliphatic carboxylic acids is 1. The number of Topliss-reactive ketones (excluding diaryl/α,β-unsaturated/α-hetero) is 1. The molecule has 1 N–H and O–H groups in total. The van der Waals surface area contributed by atoms with Crippen molar-refractivity contribution in [1.82, 2.24) is 5.32 Å². The van der Waals surface area contributed by atoms with Crippen LogP contribution in [-0.2, 0) is 9.59 Å². The zero-order valence-electron chi connectivity index (χ0n) is 16.7. The van der Waals surface area contributed by atoms with E-state index in [1.807, 2.05) is 25.1 Å². The molecule has 158 valence electrons. The van der Waals surface area contributed by atoms with Gasteiger partial charge in [-0.15, -0.1) is 0 Å². The van der Waals surface area contributed by atoms with Crippen LogP contribution >= 0.6 is 11.8 Å². The number of hydrogen-bond donors (Lipinski definition) is 1. The number of thioether (sulfide) groups is 1. The van der Waals surface area contributed by atoms with Crippen LogP contribution in [0.3, 0.4) is 0 Å². The largest absolute Gasteiger partial charge is 0.548 e. The second-order valence-electron chi connectivity index (χ2n) is 7.00. The molecule has 0 fully saturated rings. The van der Waals surface area contributed by atoms with Crippen molar-refractivity contribution in [3.05, 3.63) is 59.2 Å². The number of hydrogen-bond acceptors (Lipinski definition) is 7. The molecule has 1 aliphatic rings. The van der Waals surface area contributed by atoms with Gasteiger partial charge in [0, 0.05) is 29.9 Å². The third-order valence-corrected chi connectivity index (χ3v) is 6.01. The lowest BCUT2D eigenvalue weighted by Crippen LogP contribution is -2.48. The van der Waals surface area contributed by atoms with Gasteiger partial charge in [0.2, 0.25) is 12.7 Å². The minimum Gasteiger partial charge on any atom is -0.548 e. The average Bonchev–Trinajstić information content (AvgIpc) is 3.17. The zero-order chi connectivity index (χ0) is 21.7. The van der Waals surface area contributed by atoms with Gasteiger partial charge in [-0.1, -0.05) is 35.9 Å². The summed E-state index contributed by atoms with van der Waals surface area (Å²) in [6, 6.07) is 11.6. The molecule has 1 aliphatic heterocycles. The highest BCUT2D eigenvalue weighted by Crippen LogP contribution is 2.40. The summed E-state index contributed by atoms with van der Waals surface area (Å²) in [5.74, 6) is -0.623. The third kappa shape index (κ3) is 5.54. The first kappa shape index (κ1) is 21.7. The number of aryl methyl sites for hydroxylation is 1. The molecule has 30 heavy (non-hydrogen) atoms. The van der Waals surface area contributed by atoms with Crippen LogP contribution in [0, 0.1) is 6.92 Å². The molecule has 0 radical (unpaired) electrons. The van der Waals surface area contributed by atoms with Gasteiger partial charge >= 0.3 is 0 Å². The fourth-order valence-electron chi connectivity index (χ4n) is 3.04. The molecule has 3 rings (SSSR count). The number of amides is 1. The van der Waals surface area contributed by atoms with Crippen LogP contribution in [-0.4, -0.2) is 36.2 Å². The number of benzene rings is 2. The molecule has 2 aromatic carbocycles. The Bertz CT molecular complexity index is 943. The highest BCUT2D eigenvalue weighted by Gasteiger charge is 2.23. The second kappa shape index (κ2) is 9.67. The molecule has 0 aromatic heterocycles. The van der Waals surface area contributed by atoms with Gasteiger partial charge in [0.25, 0.3) is 0 Å². The fourth-order valence-corrected chi connectivity index (χ4v) is 4.29. The number of ketones is 1. The quantitative estimate of drug-likeness (QED) is 0.609. The van der Waals surface area contributed by atoms with Crippen molar-refractivity contribution in [2.75, 3.05) is 12.5 Å². The fraction of sp³-hybridized carbons (Fsp3) is 0.318. The lowest BCUT2D eigenvalue weighted by molar-refractivity contribution is -0.307. The first-order chi connectivity index (χ1) is 14.3. The molecule has 0 saturated heterocycles. The van der Waals surface area contributed by atoms with Gasteiger partial charge in [0.15, 0.2) is 17.3 Å². The van der Waals surface area contributed by atoms with Crippen LogP contribution in [0.2, 0.25) is 0 Å². The molecule has 1 amide bonds. The number of fused-ring (bicyclic) bond motifs is 1. The van der Waals surface area contributed by atoms with Crippen molar-refractivity contribution in [2.45, 2.75) is 31.6 Å². The Labute approximate surface area is 178 Å². The van der Waals surface area contributed by atoms with Crippen LogP contribution in [0.1, 0.15) is 40.1 Å². The summed E-state index contributed by atoms with van der Waals surface area (Å²) in [6.07, 6.45) is 0.160.